The van der Waals surface area contributed by atoms with Crippen LogP contribution in [0.4, 0.5) is 0 Å². The molecule has 0 bridgehead atoms. The van der Waals surface area contributed by atoms with Crippen LogP contribution < -0.4 is 5.32 Å². The van der Waals surface area contributed by atoms with Crippen LogP contribution in [0.15, 0.2) is 54.6 Å². The van der Waals surface area contributed by atoms with E-state index < -0.39 is 0 Å². The summed E-state index contributed by atoms with van der Waals surface area (Å²) in [6.45, 7) is 8.40. The van der Waals surface area contributed by atoms with Gasteiger partial charge in [-0.1, -0.05) is 68.4 Å². The summed E-state index contributed by atoms with van der Waals surface area (Å²) in [5, 5.41) is 7.46. The van der Waals surface area contributed by atoms with Gasteiger partial charge in [-0.25, -0.2) is 9.67 Å². The van der Waals surface area contributed by atoms with Gasteiger partial charge in [0, 0.05) is 5.56 Å². The van der Waals surface area contributed by atoms with E-state index in [4.69, 9.17) is 0 Å². The van der Waals surface area contributed by atoms with Gasteiger partial charge in [0.15, 0.2) is 5.82 Å². The van der Waals surface area contributed by atoms with E-state index in [2.05, 4.69) is 53.5 Å². The molecule has 0 aliphatic rings. The molecule has 146 valence electrons. The van der Waals surface area contributed by atoms with E-state index in [1.54, 1.807) is 4.68 Å². The van der Waals surface area contributed by atoms with Crippen LogP contribution in [0.3, 0.4) is 0 Å². The topological polar surface area (TPSA) is 59.8 Å². The van der Waals surface area contributed by atoms with E-state index in [9.17, 15) is 4.79 Å². The third-order valence-electron chi connectivity index (χ3n) is 4.60. The van der Waals surface area contributed by atoms with Crippen molar-refractivity contribution in [3.8, 4) is 11.4 Å². The van der Waals surface area contributed by atoms with E-state index in [0.717, 1.165) is 17.5 Å². The predicted octanol–water partition coefficient (Wildman–Crippen LogP) is 4.33. The fourth-order valence-corrected chi connectivity index (χ4v) is 3.29. The first-order valence-electron chi connectivity index (χ1n) is 9.77. The molecule has 0 aliphatic carbocycles. The number of nitrogens with one attached hydrogen (secondary N) is 1. The van der Waals surface area contributed by atoms with Crippen LogP contribution >= 0.6 is 0 Å². The Bertz CT molecular complexity index is 914. The normalized spacial score (nSPS) is 12.2. The lowest BCUT2D eigenvalue weighted by molar-refractivity contribution is -0.122. The summed E-state index contributed by atoms with van der Waals surface area (Å²) < 4.78 is 1.67. The number of aromatic nitrogens is 3. The van der Waals surface area contributed by atoms with Crippen molar-refractivity contribution in [3.05, 3.63) is 71.5 Å². The SMILES string of the molecule is Cc1nc(-c2ccccc2)n(CC(=O)NC(C)c2ccc(CC(C)C)cc2)n1. The average Bonchev–Trinajstić information content (AvgIpc) is 3.02. The molecule has 1 heterocycles. The second-order valence-corrected chi connectivity index (χ2v) is 7.64. The first kappa shape index (κ1) is 19.8. The Morgan fingerprint density at radius 3 is 2.36 bits per heavy atom. The zero-order valence-electron chi connectivity index (χ0n) is 17.0. The number of carbonyl (C=O) groups excluding carboxylic acids is 1. The minimum Gasteiger partial charge on any atom is -0.348 e. The molecule has 0 fully saturated rings. The largest absolute Gasteiger partial charge is 0.348 e. The fourth-order valence-electron chi connectivity index (χ4n) is 3.29. The molecule has 0 aliphatic heterocycles. The van der Waals surface area contributed by atoms with Gasteiger partial charge in [0.05, 0.1) is 6.04 Å². The maximum absolute atomic E-state index is 12.6. The van der Waals surface area contributed by atoms with Gasteiger partial charge in [0.25, 0.3) is 0 Å². The van der Waals surface area contributed by atoms with Gasteiger partial charge in [0.1, 0.15) is 12.4 Å². The standard InChI is InChI=1S/C23H28N4O/c1-16(2)14-19-10-12-20(13-11-19)17(3)24-22(28)15-27-23(25-18(4)26-27)21-8-6-5-7-9-21/h5-13,16-17H,14-15H2,1-4H3,(H,24,28). The summed E-state index contributed by atoms with van der Waals surface area (Å²) in [6.07, 6.45) is 1.06. The van der Waals surface area contributed by atoms with Gasteiger partial charge < -0.3 is 5.32 Å². The maximum Gasteiger partial charge on any atom is 0.242 e. The zero-order valence-corrected chi connectivity index (χ0v) is 17.0. The molecule has 1 N–H and O–H groups in total. The lowest BCUT2D eigenvalue weighted by Gasteiger charge is -2.16. The summed E-state index contributed by atoms with van der Waals surface area (Å²) >= 11 is 0. The quantitative estimate of drug-likeness (QED) is 0.668. The van der Waals surface area contributed by atoms with Crippen molar-refractivity contribution in [1.29, 1.82) is 0 Å². The number of benzene rings is 2. The van der Waals surface area contributed by atoms with Crippen molar-refractivity contribution < 1.29 is 4.79 Å². The zero-order chi connectivity index (χ0) is 20.1. The molecule has 3 aromatic rings. The van der Waals surface area contributed by atoms with E-state index in [0.29, 0.717) is 17.6 Å². The van der Waals surface area contributed by atoms with Crippen molar-refractivity contribution in [1.82, 2.24) is 20.1 Å². The monoisotopic (exact) mass is 376 g/mol. The van der Waals surface area contributed by atoms with Gasteiger partial charge >= 0.3 is 0 Å². The lowest BCUT2D eigenvalue weighted by atomic mass is 10.00. The maximum atomic E-state index is 12.6. The molecule has 3 rings (SSSR count). The number of aryl methyl sites for hydroxylation is 1. The molecule has 1 unspecified atom stereocenters. The molecule has 5 heteroatoms. The van der Waals surface area contributed by atoms with Gasteiger partial charge in [0.2, 0.25) is 5.91 Å². The van der Waals surface area contributed by atoms with Gasteiger partial charge in [-0.2, -0.15) is 5.10 Å². The lowest BCUT2D eigenvalue weighted by Crippen LogP contribution is -2.30. The third-order valence-corrected chi connectivity index (χ3v) is 4.60. The van der Waals surface area contributed by atoms with Crippen LogP contribution in [0.25, 0.3) is 11.4 Å². The summed E-state index contributed by atoms with van der Waals surface area (Å²) in [5.74, 6) is 1.91. The average molecular weight is 377 g/mol. The Hall–Kier alpha value is -2.95. The molecular formula is C23H28N4O. The summed E-state index contributed by atoms with van der Waals surface area (Å²) in [6, 6.07) is 18.2. The van der Waals surface area contributed by atoms with E-state index in [1.807, 2.05) is 44.2 Å². The van der Waals surface area contributed by atoms with Crippen LogP contribution in [-0.2, 0) is 17.8 Å². The van der Waals surface area contributed by atoms with E-state index in [-0.39, 0.29) is 18.5 Å². The minimum absolute atomic E-state index is 0.0645. The molecule has 2 aromatic carbocycles. The fraction of sp³-hybridized carbons (Fsp3) is 0.348. The smallest absolute Gasteiger partial charge is 0.242 e. The highest BCUT2D eigenvalue weighted by molar-refractivity contribution is 5.76. The summed E-state index contributed by atoms with van der Waals surface area (Å²) in [4.78, 5) is 17.1. The third kappa shape index (κ3) is 5.06. The molecule has 0 saturated heterocycles. The molecule has 1 aromatic heterocycles. The van der Waals surface area contributed by atoms with Crippen LogP contribution in [0, 0.1) is 12.8 Å². The number of nitrogens with zero attached hydrogens (tertiary/aromatic N) is 3. The molecule has 1 amide bonds. The Balaban J connectivity index is 1.66. The van der Waals surface area contributed by atoms with E-state index in [1.165, 1.54) is 5.56 Å². The molecule has 1 atom stereocenters. The molecule has 5 nitrogen and oxygen atoms in total. The number of rotatable bonds is 7. The molecule has 0 radical (unpaired) electrons. The van der Waals surface area contributed by atoms with Crippen molar-refractivity contribution in [2.24, 2.45) is 5.92 Å². The first-order valence-corrected chi connectivity index (χ1v) is 9.77. The van der Waals surface area contributed by atoms with Gasteiger partial charge in [-0.3, -0.25) is 4.79 Å². The van der Waals surface area contributed by atoms with Crippen LogP contribution in [0.1, 0.15) is 43.8 Å². The Morgan fingerprint density at radius 1 is 1.04 bits per heavy atom. The van der Waals surface area contributed by atoms with Crippen molar-refractivity contribution in [2.45, 2.75) is 46.7 Å². The highest BCUT2D eigenvalue weighted by atomic mass is 16.2. The Morgan fingerprint density at radius 2 is 1.71 bits per heavy atom. The number of carbonyl (C=O) groups is 1. The van der Waals surface area contributed by atoms with Crippen molar-refractivity contribution in [2.75, 3.05) is 0 Å². The Labute approximate surface area is 166 Å². The summed E-state index contributed by atoms with van der Waals surface area (Å²) in [5.41, 5.74) is 3.37. The second kappa shape index (κ2) is 8.83. The number of hydrogen-bond donors (Lipinski definition) is 1. The predicted molar refractivity (Wildman–Crippen MR) is 112 cm³/mol. The Kier molecular flexibility index (Phi) is 6.24. The highest BCUT2D eigenvalue weighted by Crippen LogP contribution is 2.18. The van der Waals surface area contributed by atoms with Crippen LogP contribution in [-0.4, -0.2) is 20.7 Å². The second-order valence-electron chi connectivity index (χ2n) is 7.64. The minimum atomic E-state index is -0.0826. The molecule has 28 heavy (non-hydrogen) atoms. The van der Waals surface area contributed by atoms with Crippen LogP contribution in [0.5, 0.6) is 0 Å². The van der Waals surface area contributed by atoms with Gasteiger partial charge in [-0.15, -0.1) is 0 Å². The van der Waals surface area contributed by atoms with Crippen molar-refractivity contribution in [3.63, 3.8) is 0 Å². The molecule has 0 saturated carbocycles. The molecular weight excluding hydrogens is 348 g/mol. The van der Waals surface area contributed by atoms with Crippen LogP contribution in [0.2, 0.25) is 0 Å². The van der Waals surface area contributed by atoms with Crippen molar-refractivity contribution >= 4 is 5.91 Å². The van der Waals surface area contributed by atoms with E-state index >= 15 is 0 Å². The number of amides is 1. The van der Waals surface area contributed by atoms with Gasteiger partial charge in [-0.05, 0) is 37.3 Å². The first-order chi connectivity index (χ1) is 13.4. The number of hydrogen-bond acceptors (Lipinski definition) is 3. The molecule has 0 spiro atoms. The summed E-state index contributed by atoms with van der Waals surface area (Å²) in [7, 11) is 0. The highest BCUT2D eigenvalue weighted by Gasteiger charge is 2.15.